The van der Waals surface area contributed by atoms with Crippen LogP contribution < -0.4 is 27.9 Å². The number of phenols is 1. The molecule has 3 saturated heterocycles. The minimum absolute atomic E-state index is 0. The molecule has 3 aliphatic heterocycles. The molecule has 0 spiro atoms. The lowest BCUT2D eigenvalue weighted by Gasteiger charge is -2.60. The molecule has 0 amide bonds. The fourth-order valence-electron chi connectivity index (χ4n) is 9.77. The predicted octanol–water partition coefficient (Wildman–Crippen LogP) is 6.37. The van der Waals surface area contributed by atoms with Gasteiger partial charge < -0.3 is 56.6 Å². The summed E-state index contributed by atoms with van der Waals surface area (Å²) >= 11 is 0. The third-order valence-electron chi connectivity index (χ3n) is 13.6. The summed E-state index contributed by atoms with van der Waals surface area (Å²) in [6, 6.07) is 44.8. The van der Waals surface area contributed by atoms with Gasteiger partial charge in [0.05, 0.1) is 44.5 Å². The highest BCUT2D eigenvalue weighted by atomic mass is 79.9. The Hall–Kier alpha value is -4.79. The number of aromatic hydroxyl groups is 1. The zero-order chi connectivity index (χ0) is 45.6. The van der Waals surface area contributed by atoms with Crippen LogP contribution in [0.5, 0.6) is 5.75 Å². The van der Waals surface area contributed by atoms with Crippen LogP contribution in [0.1, 0.15) is 78.9 Å². The molecular weight excluding hydrogens is 905 g/mol. The van der Waals surface area contributed by atoms with Gasteiger partial charge in [-0.1, -0.05) is 140 Å². The van der Waals surface area contributed by atoms with E-state index in [4.69, 9.17) is 9.47 Å². The van der Waals surface area contributed by atoms with Crippen molar-refractivity contribution in [2.75, 3.05) is 59.1 Å². The largest absolute Gasteiger partial charge is 1.00 e. The number of alkyl halides is 2. The van der Waals surface area contributed by atoms with Crippen LogP contribution in [0, 0.1) is 5.41 Å². The van der Waals surface area contributed by atoms with Crippen molar-refractivity contribution in [3.63, 3.8) is 0 Å². The van der Waals surface area contributed by atoms with Crippen molar-refractivity contribution in [2.45, 2.75) is 69.2 Å². The Morgan fingerprint density at radius 2 is 1.26 bits per heavy atom. The first-order valence-electron chi connectivity index (χ1n) is 23.1. The minimum Gasteiger partial charge on any atom is -1.00 e. The summed E-state index contributed by atoms with van der Waals surface area (Å²) in [6.45, 7) is 6.63. The first kappa shape index (κ1) is 50.6. The lowest BCUT2D eigenvalue weighted by molar-refractivity contribution is -0.946. The van der Waals surface area contributed by atoms with Gasteiger partial charge in [-0.2, -0.15) is 8.78 Å². The van der Waals surface area contributed by atoms with Gasteiger partial charge in [0.1, 0.15) is 24.5 Å². The highest BCUT2D eigenvalue weighted by Crippen LogP contribution is 2.57. The molecule has 0 unspecified atom stereocenters. The first-order chi connectivity index (χ1) is 31.5. The Morgan fingerprint density at radius 3 is 1.86 bits per heavy atom. The Kier molecular flexibility index (Phi) is 18.2. The molecule has 0 saturated carbocycles. The van der Waals surface area contributed by atoms with Crippen molar-refractivity contribution in [2.24, 2.45) is 5.41 Å². The summed E-state index contributed by atoms with van der Waals surface area (Å²) in [5.74, 6) is -3.02. The van der Waals surface area contributed by atoms with Crippen LogP contribution in [0.3, 0.4) is 0 Å². The SMILES string of the molecule is O=c1ccc2c([C@@H](O)CNCCCCCCOCC(F)(F)c3ccccc3)ccc(O)c2[nH]1.OC(c1ccccc1)(c1ccccc1)C12CC[N+](CCOCc3ccccc3)(CC1)CC2.[Br-]. The van der Waals surface area contributed by atoms with Gasteiger partial charge in [-0.05, 0) is 53.8 Å². The van der Waals surface area contributed by atoms with Gasteiger partial charge in [0.25, 0.3) is 5.92 Å². The number of nitrogens with zero attached hydrogens (tertiary/aromatic N) is 1. The number of phenolic OH excluding ortho intramolecular Hbond substituents is 1. The van der Waals surface area contributed by atoms with Crippen molar-refractivity contribution in [3.05, 3.63) is 184 Å². The number of piperidine rings is 3. The van der Waals surface area contributed by atoms with E-state index in [0.29, 0.717) is 49.2 Å². The molecule has 5 N–H and O–H groups in total. The topological polar surface area (TPSA) is 124 Å². The zero-order valence-electron chi connectivity index (χ0n) is 37.6. The van der Waals surface area contributed by atoms with Crippen LogP contribution in [-0.2, 0) is 27.6 Å². The minimum atomic E-state index is -2.98. The van der Waals surface area contributed by atoms with Gasteiger partial charge in [0.2, 0.25) is 5.56 Å². The number of quaternary nitrogens is 1. The number of benzene rings is 5. The summed E-state index contributed by atoms with van der Waals surface area (Å²) in [4.78, 5) is 14.1. The number of aromatic amines is 1. The summed E-state index contributed by atoms with van der Waals surface area (Å²) < 4.78 is 40.3. The number of aliphatic hydroxyl groups is 2. The average Bonchev–Trinajstić information content (AvgIpc) is 3.35. The van der Waals surface area contributed by atoms with Crippen LogP contribution in [0.4, 0.5) is 8.78 Å². The smallest absolute Gasteiger partial charge is 0.296 e. The lowest BCUT2D eigenvalue weighted by Crippen LogP contribution is -3.00. The van der Waals surface area contributed by atoms with E-state index in [2.05, 4.69) is 83.1 Å². The van der Waals surface area contributed by atoms with E-state index >= 15 is 0 Å². The fraction of sp³-hybridized carbons (Fsp3) is 0.389. The Bertz CT molecular complexity index is 2360. The lowest BCUT2D eigenvalue weighted by atomic mass is 9.56. The Balaban J connectivity index is 0.000000215. The molecular formula is C54H64BrF2N3O6. The molecule has 0 radical (unpaired) electrons. The second-order valence-corrected chi connectivity index (χ2v) is 17.8. The molecule has 9 nitrogen and oxygen atoms in total. The summed E-state index contributed by atoms with van der Waals surface area (Å²) in [6.07, 6.45) is 5.74. The summed E-state index contributed by atoms with van der Waals surface area (Å²) in [7, 11) is 0. The van der Waals surface area contributed by atoms with Crippen LogP contribution in [0.25, 0.3) is 10.9 Å². The van der Waals surface area contributed by atoms with E-state index < -0.39 is 24.2 Å². The van der Waals surface area contributed by atoms with Crippen molar-refractivity contribution >= 4 is 10.9 Å². The number of H-pyrrole nitrogens is 1. The quantitative estimate of drug-likeness (QED) is 0.0420. The van der Waals surface area contributed by atoms with Gasteiger partial charge in [-0.25, -0.2) is 0 Å². The molecule has 2 bridgehead atoms. The number of aliphatic hydroxyl groups excluding tert-OH is 1. The number of hydrogen-bond acceptors (Lipinski definition) is 7. The fourth-order valence-corrected chi connectivity index (χ4v) is 9.77. The zero-order valence-corrected chi connectivity index (χ0v) is 39.2. The van der Waals surface area contributed by atoms with Crippen molar-refractivity contribution in [1.29, 1.82) is 0 Å². The number of fused-ring (bicyclic) bond motifs is 4. The maximum absolute atomic E-state index is 14.0. The molecule has 5 aromatic carbocycles. The van der Waals surface area contributed by atoms with Crippen molar-refractivity contribution < 1.29 is 55.0 Å². The van der Waals surface area contributed by atoms with Crippen LogP contribution in [0.15, 0.2) is 150 Å². The number of hydrogen-bond donors (Lipinski definition) is 5. The van der Waals surface area contributed by atoms with Crippen LogP contribution in [0.2, 0.25) is 0 Å². The number of aromatic nitrogens is 1. The van der Waals surface area contributed by atoms with Crippen LogP contribution >= 0.6 is 0 Å². The number of ether oxygens (including phenoxy) is 2. The highest BCUT2D eigenvalue weighted by Gasteiger charge is 2.60. The molecule has 4 heterocycles. The Morgan fingerprint density at radius 1 is 0.697 bits per heavy atom. The summed E-state index contributed by atoms with van der Waals surface area (Å²) in [5, 5.41) is 36.7. The van der Waals surface area contributed by atoms with E-state index in [1.165, 1.54) is 29.8 Å². The molecule has 6 aromatic rings. The molecule has 1 atom stereocenters. The number of halogens is 3. The molecule has 12 heteroatoms. The van der Waals surface area contributed by atoms with Gasteiger partial charge in [0.15, 0.2) is 0 Å². The van der Waals surface area contributed by atoms with E-state index in [-0.39, 0.29) is 39.3 Å². The number of rotatable bonds is 21. The molecule has 9 rings (SSSR count). The van der Waals surface area contributed by atoms with Gasteiger partial charge >= 0.3 is 0 Å². The molecule has 3 aliphatic rings. The standard InChI is InChI=1S/C29H34NO2.C25H30F2N2O4.BrH/c31-29(26-12-6-2-7-13-26,27-14-8-3-9-15-27)28-16-19-30(20-17-28,21-18-28)22-23-32-24-25-10-4-1-5-11-25;26-25(27,18-8-4-3-5-9-18)17-33-15-7-2-1-6-14-28-16-22(31)19-10-12-21(30)24-20(19)11-13-23(32)29-24;/h1-15,31H,16-24H2;3-5,8-13,22,28,30-31H,1-2,6-7,14-17H2,(H,29,32);1H/q+1;;/p-1/t;22-;/m.0./s1. The molecule has 3 fully saturated rings. The molecule has 352 valence electrons. The third-order valence-corrected chi connectivity index (χ3v) is 13.6. The van der Waals surface area contributed by atoms with E-state index in [0.717, 1.165) is 86.9 Å². The van der Waals surface area contributed by atoms with Crippen molar-refractivity contribution in [1.82, 2.24) is 10.3 Å². The highest BCUT2D eigenvalue weighted by molar-refractivity contribution is 5.87. The maximum Gasteiger partial charge on any atom is 0.296 e. The van der Waals surface area contributed by atoms with Gasteiger partial charge in [-0.15, -0.1) is 0 Å². The van der Waals surface area contributed by atoms with Crippen LogP contribution in [-0.4, -0.2) is 83.9 Å². The second kappa shape index (κ2) is 23.8. The monoisotopic (exact) mass is 967 g/mol. The number of unbranched alkanes of at least 4 members (excludes halogenated alkanes) is 3. The van der Waals surface area contributed by atoms with E-state index in [1.54, 1.807) is 30.3 Å². The Labute approximate surface area is 397 Å². The number of pyridine rings is 1. The molecule has 66 heavy (non-hydrogen) atoms. The van der Waals surface area contributed by atoms with Crippen molar-refractivity contribution in [3.8, 4) is 5.75 Å². The normalized spacial score (nSPS) is 18.5. The maximum atomic E-state index is 14.0. The predicted molar refractivity (Wildman–Crippen MR) is 252 cm³/mol. The molecule has 1 aromatic heterocycles. The van der Waals surface area contributed by atoms with Gasteiger partial charge in [-0.3, -0.25) is 4.79 Å². The first-order valence-corrected chi connectivity index (χ1v) is 23.1. The molecule has 0 aliphatic carbocycles. The van der Waals surface area contributed by atoms with Gasteiger partial charge in [0, 0.05) is 54.8 Å². The average molecular weight is 969 g/mol. The second-order valence-electron chi connectivity index (χ2n) is 17.8. The van der Waals surface area contributed by atoms with E-state index in [1.807, 2.05) is 18.2 Å². The number of nitrogens with one attached hydrogen (secondary N) is 2. The third kappa shape index (κ3) is 12.4. The summed E-state index contributed by atoms with van der Waals surface area (Å²) in [5.41, 5.74) is 2.80. The van der Waals surface area contributed by atoms with E-state index in [9.17, 15) is 28.9 Å².